The van der Waals surface area contributed by atoms with Crippen LogP contribution in [0.5, 0.6) is 0 Å². The molecule has 13 heteroatoms. The number of nitrogens with zero attached hydrogens (tertiary/aromatic N) is 4. The molecule has 0 radical (unpaired) electrons. The Kier molecular flexibility index (Phi) is 7.49. The van der Waals surface area contributed by atoms with E-state index in [4.69, 9.17) is 14.9 Å². The topological polar surface area (TPSA) is 140 Å². The van der Waals surface area contributed by atoms with Crippen LogP contribution in [0.2, 0.25) is 0 Å². The Morgan fingerprint density at radius 2 is 1.68 bits per heavy atom. The second kappa shape index (κ2) is 10.6. The number of aromatic nitrogens is 5. The molecular weight excluding hydrogens is 503 g/mol. The first-order valence-corrected chi connectivity index (χ1v) is 11.7. The van der Waals surface area contributed by atoms with Crippen LogP contribution in [0.15, 0.2) is 47.5 Å². The smallest absolute Gasteiger partial charge is 0.475 e. The normalized spacial score (nSPS) is 17.7. The molecule has 1 aliphatic rings. The van der Waals surface area contributed by atoms with E-state index < -0.39 is 12.1 Å². The van der Waals surface area contributed by atoms with Gasteiger partial charge in [0.05, 0.1) is 6.20 Å². The number of carboxylic acid groups (broad SMARTS) is 1. The molecule has 38 heavy (non-hydrogen) atoms. The highest BCUT2D eigenvalue weighted by molar-refractivity contribution is 5.76. The number of hydrogen-bond acceptors (Lipinski definition) is 7. The summed E-state index contributed by atoms with van der Waals surface area (Å²) in [7, 11) is 0. The predicted molar refractivity (Wildman–Crippen MR) is 136 cm³/mol. The van der Waals surface area contributed by atoms with Gasteiger partial charge in [-0.3, -0.25) is 9.89 Å². The molecule has 4 N–H and O–H groups in total. The number of aliphatic carboxylic acids is 1. The SMILES string of the molecule is Cc1cc(N2CC(C)NC(C)C2)ncc1-c1ccc(-c2nc3cn[nH]c3c(=O)[nH]2)cc1.O=C(O)C(F)(F)F. The van der Waals surface area contributed by atoms with Crippen molar-refractivity contribution in [2.75, 3.05) is 18.0 Å². The van der Waals surface area contributed by atoms with Crippen LogP contribution in [0, 0.1) is 6.92 Å². The third-order valence-corrected chi connectivity index (χ3v) is 6.00. The molecule has 2 atom stereocenters. The largest absolute Gasteiger partial charge is 0.490 e. The number of alkyl halides is 3. The molecule has 4 aromatic rings. The first kappa shape index (κ1) is 26.8. The minimum absolute atomic E-state index is 0.228. The Morgan fingerprint density at radius 1 is 1.08 bits per heavy atom. The Bertz CT molecular complexity index is 1490. The van der Waals surface area contributed by atoms with Gasteiger partial charge >= 0.3 is 12.1 Å². The molecule has 1 saturated heterocycles. The maximum atomic E-state index is 12.2. The molecule has 0 bridgehead atoms. The van der Waals surface area contributed by atoms with Gasteiger partial charge in [0.25, 0.3) is 5.56 Å². The summed E-state index contributed by atoms with van der Waals surface area (Å²) in [6, 6.07) is 11.1. The molecule has 0 aliphatic carbocycles. The van der Waals surface area contributed by atoms with Crippen molar-refractivity contribution in [3.8, 4) is 22.5 Å². The second-order valence-electron chi connectivity index (χ2n) is 9.16. The molecule has 0 spiro atoms. The van der Waals surface area contributed by atoms with Gasteiger partial charge in [0.15, 0.2) is 0 Å². The lowest BCUT2D eigenvalue weighted by molar-refractivity contribution is -0.192. The van der Waals surface area contributed by atoms with Gasteiger partial charge in [-0.1, -0.05) is 24.3 Å². The number of H-pyrrole nitrogens is 2. The van der Waals surface area contributed by atoms with Crippen LogP contribution < -0.4 is 15.8 Å². The summed E-state index contributed by atoms with van der Waals surface area (Å²) in [4.78, 5) is 35.5. The standard InChI is InChI=1S/C23H25N7O.C2HF3O2/c1-13-8-20(30-11-14(2)26-15(3)12-30)24-9-18(13)16-4-6-17(7-5-16)22-27-19-10-25-29-21(19)23(31)28-22;3-2(4,5)1(6)7/h4-10,14-15,26H,11-12H2,1-3H3,(H,25,29)(H,27,28,31);(H,6,7). The number of piperazine rings is 1. The van der Waals surface area contributed by atoms with Gasteiger partial charge < -0.3 is 20.3 Å². The Hall–Kier alpha value is -4.26. The van der Waals surface area contributed by atoms with E-state index in [1.165, 1.54) is 5.56 Å². The molecule has 1 aliphatic heterocycles. The highest BCUT2D eigenvalue weighted by Gasteiger charge is 2.38. The second-order valence-corrected chi connectivity index (χ2v) is 9.16. The van der Waals surface area contributed by atoms with Crippen LogP contribution in [0.1, 0.15) is 19.4 Å². The van der Waals surface area contributed by atoms with Gasteiger partial charge in [-0.25, -0.2) is 14.8 Å². The van der Waals surface area contributed by atoms with E-state index in [1.807, 2.05) is 30.5 Å². The fraction of sp³-hybridized carbons (Fsp3) is 0.320. The number of nitrogens with one attached hydrogen (secondary N) is 3. The van der Waals surface area contributed by atoms with E-state index in [-0.39, 0.29) is 5.56 Å². The van der Waals surface area contributed by atoms with Gasteiger partial charge in [-0.05, 0) is 38.0 Å². The van der Waals surface area contributed by atoms with Crippen molar-refractivity contribution in [3.05, 3.63) is 58.6 Å². The molecule has 0 saturated carbocycles. The number of carboxylic acids is 1. The number of aromatic amines is 2. The van der Waals surface area contributed by atoms with Crippen molar-refractivity contribution >= 4 is 22.8 Å². The first-order chi connectivity index (χ1) is 17.9. The lowest BCUT2D eigenvalue weighted by Gasteiger charge is -2.37. The van der Waals surface area contributed by atoms with Crippen molar-refractivity contribution in [2.24, 2.45) is 0 Å². The number of benzene rings is 1. The summed E-state index contributed by atoms with van der Waals surface area (Å²) in [6.07, 6.45) is -1.58. The Morgan fingerprint density at radius 3 is 2.26 bits per heavy atom. The molecule has 0 amide bonds. The van der Waals surface area contributed by atoms with Crippen molar-refractivity contribution in [1.82, 2.24) is 30.5 Å². The quantitative estimate of drug-likeness (QED) is 0.316. The zero-order valence-corrected chi connectivity index (χ0v) is 20.8. The monoisotopic (exact) mass is 529 g/mol. The maximum Gasteiger partial charge on any atom is 0.490 e. The van der Waals surface area contributed by atoms with E-state index in [0.717, 1.165) is 35.6 Å². The summed E-state index contributed by atoms with van der Waals surface area (Å²) < 4.78 is 31.7. The number of halogens is 3. The van der Waals surface area contributed by atoms with E-state index in [2.05, 4.69) is 57.2 Å². The van der Waals surface area contributed by atoms with Crippen LogP contribution in [-0.2, 0) is 4.79 Å². The van der Waals surface area contributed by atoms with Crippen LogP contribution >= 0.6 is 0 Å². The number of hydrogen-bond donors (Lipinski definition) is 4. The van der Waals surface area contributed by atoms with E-state index in [9.17, 15) is 18.0 Å². The molecule has 200 valence electrons. The molecule has 10 nitrogen and oxygen atoms in total. The number of pyridine rings is 1. The lowest BCUT2D eigenvalue weighted by Crippen LogP contribution is -2.54. The molecule has 2 unspecified atom stereocenters. The Labute approximate surface area is 214 Å². The van der Waals surface area contributed by atoms with Gasteiger partial charge in [-0.2, -0.15) is 18.3 Å². The van der Waals surface area contributed by atoms with Crippen LogP contribution in [0.25, 0.3) is 33.5 Å². The van der Waals surface area contributed by atoms with E-state index in [1.54, 1.807) is 6.20 Å². The van der Waals surface area contributed by atoms with Crippen LogP contribution in [0.4, 0.5) is 19.0 Å². The number of carbonyl (C=O) groups is 1. The number of rotatable bonds is 3. The van der Waals surface area contributed by atoms with E-state index in [0.29, 0.717) is 28.9 Å². The lowest BCUT2D eigenvalue weighted by atomic mass is 10.0. The molecule has 4 heterocycles. The predicted octanol–water partition coefficient (Wildman–Crippen LogP) is 3.50. The maximum absolute atomic E-state index is 12.2. The number of fused-ring (bicyclic) bond motifs is 1. The van der Waals surface area contributed by atoms with Crippen molar-refractivity contribution in [3.63, 3.8) is 0 Å². The highest BCUT2D eigenvalue weighted by atomic mass is 19.4. The minimum Gasteiger partial charge on any atom is -0.475 e. The average Bonchev–Trinajstić information content (AvgIpc) is 3.33. The summed E-state index contributed by atoms with van der Waals surface area (Å²) in [5.41, 5.74) is 4.91. The zero-order chi connectivity index (χ0) is 27.6. The number of aryl methyl sites for hydroxylation is 1. The van der Waals surface area contributed by atoms with Gasteiger partial charge in [-0.15, -0.1) is 0 Å². The molecule has 1 aromatic carbocycles. The molecule has 5 rings (SSSR count). The van der Waals surface area contributed by atoms with Crippen LogP contribution in [0.3, 0.4) is 0 Å². The first-order valence-electron chi connectivity index (χ1n) is 11.7. The minimum atomic E-state index is -5.08. The number of anilines is 1. The summed E-state index contributed by atoms with van der Waals surface area (Å²) in [6.45, 7) is 8.44. The Balaban J connectivity index is 0.000000426. The van der Waals surface area contributed by atoms with Crippen molar-refractivity contribution in [2.45, 2.75) is 39.0 Å². The third-order valence-electron chi connectivity index (χ3n) is 6.00. The highest BCUT2D eigenvalue weighted by Crippen LogP contribution is 2.28. The zero-order valence-electron chi connectivity index (χ0n) is 20.8. The fourth-order valence-corrected chi connectivity index (χ4v) is 4.32. The summed E-state index contributed by atoms with van der Waals surface area (Å²) in [5, 5.41) is 17.2. The van der Waals surface area contributed by atoms with Crippen molar-refractivity contribution < 1.29 is 23.1 Å². The van der Waals surface area contributed by atoms with E-state index >= 15 is 0 Å². The fourth-order valence-electron chi connectivity index (χ4n) is 4.32. The van der Waals surface area contributed by atoms with Crippen molar-refractivity contribution in [1.29, 1.82) is 0 Å². The van der Waals surface area contributed by atoms with Crippen LogP contribution in [-0.4, -0.2) is 67.6 Å². The third kappa shape index (κ3) is 5.99. The summed E-state index contributed by atoms with van der Waals surface area (Å²) in [5.74, 6) is -1.21. The van der Waals surface area contributed by atoms with Gasteiger partial charge in [0, 0.05) is 42.5 Å². The average molecular weight is 530 g/mol. The molecule has 1 fully saturated rings. The molecule has 3 aromatic heterocycles. The van der Waals surface area contributed by atoms with Gasteiger partial charge in [0.1, 0.15) is 22.7 Å². The molecular formula is C25H26F3N7O3. The summed E-state index contributed by atoms with van der Waals surface area (Å²) >= 11 is 0. The van der Waals surface area contributed by atoms with Gasteiger partial charge in [0.2, 0.25) is 0 Å².